The zero-order valence-corrected chi connectivity index (χ0v) is 15.7. The summed E-state index contributed by atoms with van der Waals surface area (Å²) in [6, 6.07) is 6.75. The molecule has 146 valence electrons. The number of nitrogens with one attached hydrogen (secondary N) is 3. The zero-order valence-electron chi connectivity index (χ0n) is 15.7. The lowest BCUT2D eigenvalue weighted by atomic mass is 10.1. The van der Waals surface area contributed by atoms with E-state index in [1.54, 1.807) is 24.5 Å². The van der Waals surface area contributed by atoms with Crippen molar-refractivity contribution < 1.29 is 14.3 Å². The summed E-state index contributed by atoms with van der Waals surface area (Å²) in [5.74, 6) is -0.321. The number of anilines is 1. The Morgan fingerprint density at radius 3 is 2.89 bits per heavy atom. The highest BCUT2D eigenvalue weighted by Gasteiger charge is 2.18. The van der Waals surface area contributed by atoms with E-state index in [1.165, 1.54) is 18.2 Å². The molecule has 4 N–H and O–H groups in total. The first-order valence-corrected chi connectivity index (χ1v) is 8.95. The molecule has 1 atom stereocenters. The summed E-state index contributed by atoms with van der Waals surface area (Å²) in [5.41, 5.74) is 3.14. The Morgan fingerprint density at radius 1 is 1.36 bits per heavy atom. The predicted molar refractivity (Wildman–Crippen MR) is 104 cm³/mol. The van der Waals surface area contributed by atoms with Crippen molar-refractivity contribution in [2.24, 2.45) is 0 Å². The van der Waals surface area contributed by atoms with Gasteiger partial charge in [-0.2, -0.15) is 0 Å². The molecule has 28 heavy (non-hydrogen) atoms. The van der Waals surface area contributed by atoms with Crippen LogP contribution < -0.4 is 10.6 Å². The molecular formula is C20H22FN5O2. The summed E-state index contributed by atoms with van der Waals surface area (Å²) in [6.07, 6.45) is 3.41. The van der Waals surface area contributed by atoms with E-state index >= 15 is 0 Å². The van der Waals surface area contributed by atoms with E-state index in [1.807, 2.05) is 13.8 Å². The van der Waals surface area contributed by atoms with Gasteiger partial charge < -0.3 is 20.7 Å². The molecule has 0 saturated carbocycles. The maximum atomic E-state index is 13.4. The molecule has 0 saturated heterocycles. The SMILES string of the molecule is CCNc1ncc(C)c(-c2c[nH]c(C(=O)N[C@@H](CO)c3cccc(F)c3)c2)n1. The van der Waals surface area contributed by atoms with Gasteiger partial charge in [0.2, 0.25) is 5.95 Å². The van der Waals surface area contributed by atoms with Gasteiger partial charge in [-0.3, -0.25) is 4.79 Å². The average molecular weight is 383 g/mol. The molecule has 1 aromatic carbocycles. The van der Waals surface area contributed by atoms with Crippen molar-refractivity contribution in [1.82, 2.24) is 20.3 Å². The number of nitrogens with zero attached hydrogens (tertiary/aromatic N) is 2. The maximum absolute atomic E-state index is 13.4. The van der Waals surface area contributed by atoms with Crippen LogP contribution in [0.25, 0.3) is 11.3 Å². The third-order valence-corrected chi connectivity index (χ3v) is 4.25. The normalized spacial score (nSPS) is 11.9. The van der Waals surface area contributed by atoms with Crippen LogP contribution in [0.2, 0.25) is 0 Å². The maximum Gasteiger partial charge on any atom is 0.268 e. The van der Waals surface area contributed by atoms with Crippen molar-refractivity contribution in [1.29, 1.82) is 0 Å². The summed E-state index contributed by atoms with van der Waals surface area (Å²) in [5, 5.41) is 15.4. The van der Waals surface area contributed by atoms with E-state index in [4.69, 9.17) is 0 Å². The smallest absolute Gasteiger partial charge is 0.268 e. The van der Waals surface area contributed by atoms with Gasteiger partial charge in [0.15, 0.2) is 0 Å². The summed E-state index contributed by atoms with van der Waals surface area (Å²) in [4.78, 5) is 24.2. The first-order valence-electron chi connectivity index (χ1n) is 8.95. The number of carbonyl (C=O) groups is 1. The van der Waals surface area contributed by atoms with Crippen molar-refractivity contribution >= 4 is 11.9 Å². The molecule has 0 radical (unpaired) electrons. The number of halogens is 1. The van der Waals surface area contributed by atoms with E-state index in [0.29, 0.717) is 29.4 Å². The van der Waals surface area contributed by atoms with E-state index < -0.39 is 17.8 Å². The monoisotopic (exact) mass is 383 g/mol. The fourth-order valence-corrected chi connectivity index (χ4v) is 2.83. The van der Waals surface area contributed by atoms with Gasteiger partial charge in [0, 0.05) is 24.5 Å². The molecule has 0 fully saturated rings. The molecule has 3 rings (SSSR count). The molecule has 0 bridgehead atoms. The van der Waals surface area contributed by atoms with Crippen LogP contribution in [0.1, 0.15) is 34.6 Å². The fourth-order valence-electron chi connectivity index (χ4n) is 2.83. The standard InChI is InChI=1S/C20H22FN5O2/c1-3-22-20-24-9-12(2)18(26-20)14-8-16(23-10-14)19(28)25-17(11-27)13-5-4-6-15(21)7-13/h4-10,17,23,27H,3,11H2,1-2H3,(H,25,28)(H,22,24,26)/t17-/m0/s1. The van der Waals surface area contributed by atoms with Crippen molar-refractivity contribution in [3.63, 3.8) is 0 Å². The second-order valence-corrected chi connectivity index (χ2v) is 6.32. The molecule has 1 amide bonds. The minimum atomic E-state index is -0.712. The third kappa shape index (κ3) is 4.34. The predicted octanol–water partition coefficient (Wildman–Crippen LogP) is 2.81. The van der Waals surface area contributed by atoms with Gasteiger partial charge in [-0.1, -0.05) is 12.1 Å². The number of carbonyl (C=O) groups excluding carboxylic acids is 1. The molecule has 0 aliphatic rings. The van der Waals surface area contributed by atoms with Gasteiger partial charge in [0.05, 0.1) is 18.3 Å². The molecule has 2 aromatic heterocycles. The van der Waals surface area contributed by atoms with Gasteiger partial charge in [0.1, 0.15) is 11.5 Å². The van der Waals surface area contributed by atoms with Crippen LogP contribution in [0.4, 0.5) is 10.3 Å². The quantitative estimate of drug-likeness (QED) is 0.502. The number of aromatic amines is 1. The van der Waals surface area contributed by atoms with Gasteiger partial charge in [-0.15, -0.1) is 0 Å². The molecule has 2 heterocycles. The summed E-state index contributed by atoms with van der Waals surface area (Å²) in [7, 11) is 0. The molecule has 0 aliphatic carbocycles. The van der Waals surface area contributed by atoms with E-state index in [0.717, 1.165) is 11.1 Å². The Morgan fingerprint density at radius 2 is 2.18 bits per heavy atom. The summed E-state index contributed by atoms with van der Waals surface area (Å²) >= 11 is 0. The number of aliphatic hydroxyl groups excluding tert-OH is 1. The van der Waals surface area contributed by atoms with Crippen LogP contribution in [-0.2, 0) is 0 Å². The number of aliphatic hydroxyl groups is 1. The molecular weight excluding hydrogens is 361 g/mol. The van der Waals surface area contributed by atoms with Crippen molar-refractivity contribution in [2.45, 2.75) is 19.9 Å². The lowest BCUT2D eigenvalue weighted by molar-refractivity contribution is 0.0911. The molecule has 8 heteroatoms. The topological polar surface area (TPSA) is 103 Å². The van der Waals surface area contributed by atoms with Crippen LogP contribution in [0, 0.1) is 12.7 Å². The number of hydrogen-bond donors (Lipinski definition) is 4. The van der Waals surface area contributed by atoms with Crippen LogP contribution in [0.3, 0.4) is 0 Å². The van der Waals surface area contributed by atoms with Crippen LogP contribution >= 0.6 is 0 Å². The largest absolute Gasteiger partial charge is 0.394 e. The van der Waals surface area contributed by atoms with Crippen LogP contribution in [0.15, 0.2) is 42.7 Å². The second kappa shape index (κ2) is 8.62. The number of rotatable bonds is 7. The summed E-state index contributed by atoms with van der Waals surface area (Å²) < 4.78 is 13.4. The third-order valence-electron chi connectivity index (χ3n) is 4.25. The average Bonchev–Trinajstić information content (AvgIpc) is 3.17. The number of H-pyrrole nitrogens is 1. The highest BCUT2D eigenvalue weighted by Crippen LogP contribution is 2.23. The number of hydrogen-bond acceptors (Lipinski definition) is 5. The van der Waals surface area contributed by atoms with Crippen molar-refractivity contribution in [3.8, 4) is 11.3 Å². The number of benzene rings is 1. The lowest BCUT2D eigenvalue weighted by Crippen LogP contribution is -2.31. The minimum Gasteiger partial charge on any atom is -0.394 e. The van der Waals surface area contributed by atoms with E-state index in [2.05, 4.69) is 25.6 Å². The Balaban J connectivity index is 1.80. The summed E-state index contributed by atoms with van der Waals surface area (Å²) in [6.45, 7) is 4.20. The minimum absolute atomic E-state index is 0.313. The van der Waals surface area contributed by atoms with Crippen molar-refractivity contribution in [3.05, 3.63) is 65.4 Å². The highest BCUT2D eigenvalue weighted by atomic mass is 19.1. The van der Waals surface area contributed by atoms with Crippen LogP contribution in [-0.4, -0.2) is 39.1 Å². The first kappa shape index (κ1) is 19.5. The Kier molecular flexibility index (Phi) is 6.00. The Bertz CT molecular complexity index is 973. The van der Waals surface area contributed by atoms with Gasteiger partial charge in [0.25, 0.3) is 5.91 Å². The van der Waals surface area contributed by atoms with E-state index in [-0.39, 0.29) is 6.61 Å². The Hall–Kier alpha value is -3.26. The first-order chi connectivity index (χ1) is 13.5. The number of aryl methyl sites for hydroxylation is 1. The fraction of sp³-hybridized carbons (Fsp3) is 0.250. The second-order valence-electron chi connectivity index (χ2n) is 6.32. The highest BCUT2D eigenvalue weighted by molar-refractivity contribution is 5.94. The van der Waals surface area contributed by atoms with Gasteiger partial charge in [-0.25, -0.2) is 14.4 Å². The number of aromatic nitrogens is 3. The molecule has 7 nitrogen and oxygen atoms in total. The number of amides is 1. The molecule has 0 spiro atoms. The zero-order chi connectivity index (χ0) is 20.1. The van der Waals surface area contributed by atoms with Crippen molar-refractivity contribution in [2.75, 3.05) is 18.5 Å². The molecule has 0 unspecified atom stereocenters. The van der Waals surface area contributed by atoms with Gasteiger partial charge in [-0.05, 0) is 43.2 Å². The molecule has 3 aromatic rings. The van der Waals surface area contributed by atoms with Gasteiger partial charge >= 0.3 is 0 Å². The van der Waals surface area contributed by atoms with Crippen LogP contribution in [0.5, 0.6) is 0 Å². The lowest BCUT2D eigenvalue weighted by Gasteiger charge is -2.16. The van der Waals surface area contributed by atoms with E-state index in [9.17, 15) is 14.3 Å². The molecule has 0 aliphatic heterocycles. The Labute approximate surface area is 162 Å².